The number of hydrogen-bond acceptors (Lipinski definition) is 3. The molecule has 1 aromatic rings. The van der Waals surface area contributed by atoms with Gasteiger partial charge in [-0.2, -0.15) is 0 Å². The molecule has 135 valence electrons. The first-order valence-corrected chi connectivity index (χ1v) is 9.81. The molecular weight excluding hydrogens is 334 g/mol. The Morgan fingerprint density at radius 1 is 1.32 bits per heavy atom. The summed E-state index contributed by atoms with van der Waals surface area (Å²) in [6.45, 7) is 7.32. The molecule has 3 saturated carbocycles. The SMILES string of the molecule is CC1(C)[C@@H]2C[C@@H](O)[C@@](C)(O[B][C@H](Cl)CC3COc4ccccc43)[C@H]1C2. The third-order valence-corrected chi connectivity index (χ3v) is 7.39. The molecule has 1 N–H and O–H groups in total. The number of rotatable bonds is 5. The van der Waals surface area contributed by atoms with Crippen molar-refractivity contribution >= 4 is 19.1 Å². The summed E-state index contributed by atoms with van der Waals surface area (Å²) in [5.41, 5.74) is 0.936. The predicted molar refractivity (Wildman–Crippen MR) is 100 cm³/mol. The van der Waals surface area contributed by atoms with Crippen LogP contribution >= 0.6 is 11.6 Å². The van der Waals surface area contributed by atoms with Crippen LogP contribution in [0.15, 0.2) is 24.3 Å². The number of fused-ring (bicyclic) bond motifs is 3. The number of para-hydroxylation sites is 1. The Balaban J connectivity index is 1.37. The molecule has 5 rings (SSSR count). The smallest absolute Gasteiger partial charge is 0.312 e. The zero-order valence-corrected chi connectivity index (χ0v) is 16.0. The second-order valence-electron chi connectivity index (χ2n) is 8.79. The van der Waals surface area contributed by atoms with Crippen molar-refractivity contribution in [1.29, 1.82) is 0 Å². The van der Waals surface area contributed by atoms with Crippen LogP contribution in [0, 0.1) is 17.3 Å². The van der Waals surface area contributed by atoms with Gasteiger partial charge in [0.15, 0.2) is 0 Å². The first kappa shape index (κ1) is 17.7. The van der Waals surface area contributed by atoms with Crippen LogP contribution in [0.3, 0.4) is 0 Å². The highest BCUT2D eigenvalue weighted by molar-refractivity contribution is 6.48. The van der Waals surface area contributed by atoms with E-state index in [9.17, 15) is 5.11 Å². The Morgan fingerprint density at radius 3 is 2.84 bits per heavy atom. The minimum absolute atomic E-state index is 0.204. The number of aliphatic hydroxyl groups excluding tert-OH is 1. The fraction of sp³-hybridized carbons (Fsp3) is 0.700. The lowest BCUT2D eigenvalue weighted by Crippen LogP contribution is -2.67. The number of aliphatic hydroxyl groups is 1. The van der Waals surface area contributed by atoms with Crippen molar-refractivity contribution in [2.45, 2.75) is 62.9 Å². The highest BCUT2D eigenvalue weighted by Crippen LogP contribution is 2.63. The van der Waals surface area contributed by atoms with Gasteiger partial charge in [-0.1, -0.05) is 32.0 Å². The van der Waals surface area contributed by atoms with Gasteiger partial charge in [-0.05, 0) is 49.5 Å². The molecule has 25 heavy (non-hydrogen) atoms. The lowest BCUT2D eigenvalue weighted by molar-refractivity contribution is -0.234. The molecule has 1 aliphatic heterocycles. The first-order chi connectivity index (χ1) is 11.8. The van der Waals surface area contributed by atoms with Gasteiger partial charge >= 0.3 is 7.48 Å². The average molecular weight is 362 g/mol. The number of alkyl halides is 1. The van der Waals surface area contributed by atoms with E-state index < -0.39 is 11.7 Å². The van der Waals surface area contributed by atoms with Crippen LogP contribution in [-0.2, 0) is 4.65 Å². The minimum Gasteiger partial charge on any atom is -0.493 e. The largest absolute Gasteiger partial charge is 0.493 e. The molecule has 0 amide bonds. The fourth-order valence-electron chi connectivity index (χ4n) is 5.26. The Hall–Kier alpha value is -0.705. The molecule has 1 radical (unpaired) electrons. The van der Waals surface area contributed by atoms with E-state index in [0.29, 0.717) is 24.4 Å². The maximum Gasteiger partial charge on any atom is 0.312 e. The van der Waals surface area contributed by atoms with Crippen molar-refractivity contribution in [2.75, 3.05) is 6.61 Å². The number of benzene rings is 1. The summed E-state index contributed by atoms with van der Waals surface area (Å²) in [6.07, 6.45) is 2.33. The Bertz CT molecular complexity index is 652. The zero-order chi connectivity index (χ0) is 17.8. The molecule has 3 nitrogen and oxygen atoms in total. The maximum absolute atomic E-state index is 10.6. The van der Waals surface area contributed by atoms with Gasteiger partial charge in [0.25, 0.3) is 0 Å². The topological polar surface area (TPSA) is 38.7 Å². The predicted octanol–water partition coefficient (Wildman–Crippen LogP) is 3.94. The highest BCUT2D eigenvalue weighted by Gasteiger charge is 2.63. The van der Waals surface area contributed by atoms with Crippen LogP contribution in [0.5, 0.6) is 5.75 Å². The molecule has 3 aliphatic carbocycles. The van der Waals surface area contributed by atoms with Crippen molar-refractivity contribution in [2.24, 2.45) is 17.3 Å². The molecule has 1 heterocycles. The second kappa shape index (κ2) is 6.18. The number of halogens is 1. The van der Waals surface area contributed by atoms with Gasteiger partial charge in [-0.25, -0.2) is 0 Å². The molecule has 2 bridgehead atoms. The lowest BCUT2D eigenvalue weighted by Gasteiger charge is -2.65. The quantitative estimate of drug-likeness (QED) is 0.638. The molecule has 6 atom stereocenters. The number of hydrogen-bond donors (Lipinski definition) is 1. The van der Waals surface area contributed by atoms with Crippen LogP contribution in [0.1, 0.15) is 51.5 Å². The third-order valence-electron chi connectivity index (χ3n) is 7.11. The molecule has 0 saturated heterocycles. The van der Waals surface area contributed by atoms with Crippen molar-refractivity contribution in [1.82, 2.24) is 0 Å². The Labute approximate surface area is 156 Å². The van der Waals surface area contributed by atoms with Crippen molar-refractivity contribution < 1.29 is 14.5 Å². The van der Waals surface area contributed by atoms with Gasteiger partial charge in [-0.15, -0.1) is 11.6 Å². The Kier molecular flexibility index (Phi) is 4.37. The van der Waals surface area contributed by atoms with E-state index in [-0.39, 0.29) is 10.7 Å². The summed E-state index contributed by atoms with van der Waals surface area (Å²) in [4.78, 5) is 0. The fourth-order valence-corrected chi connectivity index (χ4v) is 5.52. The second-order valence-corrected chi connectivity index (χ2v) is 9.35. The summed E-state index contributed by atoms with van der Waals surface area (Å²) >= 11 is 6.57. The van der Waals surface area contributed by atoms with Crippen LogP contribution in [-0.4, -0.2) is 36.2 Å². The van der Waals surface area contributed by atoms with E-state index in [4.69, 9.17) is 21.0 Å². The summed E-state index contributed by atoms with van der Waals surface area (Å²) in [6, 6.07) is 8.15. The van der Waals surface area contributed by atoms with E-state index in [1.807, 2.05) is 25.1 Å². The molecular formula is C20H27BClO3. The van der Waals surface area contributed by atoms with Crippen LogP contribution in [0.4, 0.5) is 0 Å². The summed E-state index contributed by atoms with van der Waals surface area (Å²) in [5, 5.41) is 10.4. The van der Waals surface area contributed by atoms with Crippen LogP contribution < -0.4 is 4.74 Å². The average Bonchev–Trinajstić information content (AvgIpc) is 2.98. The summed E-state index contributed by atoms with van der Waals surface area (Å²) < 4.78 is 11.9. The molecule has 4 aliphatic rings. The monoisotopic (exact) mass is 361 g/mol. The molecule has 1 aromatic carbocycles. The standard InChI is InChI=1S/C20H27BClO3/c1-19(2)13-9-16(19)20(3,17(23)10-13)25-21-18(22)8-12-11-24-15-7-5-4-6-14(12)15/h4-7,12-13,16-18,23H,8-11H2,1-3H3/t12?,13-,16-,17+,18+,20-/m0/s1. The van der Waals surface area contributed by atoms with Crippen LogP contribution in [0.25, 0.3) is 0 Å². The van der Waals surface area contributed by atoms with E-state index in [2.05, 4.69) is 19.9 Å². The van der Waals surface area contributed by atoms with Crippen LogP contribution in [0.2, 0.25) is 0 Å². The summed E-state index contributed by atoms with van der Waals surface area (Å²) in [5.74, 6) is 2.26. The van der Waals surface area contributed by atoms with Gasteiger partial charge in [0.1, 0.15) is 5.75 Å². The molecule has 1 unspecified atom stereocenters. The van der Waals surface area contributed by atoms with E-state index in [1.165, 1.54) is 5.56 Å². The number of ether oxygens (including phenoxy) is 1. The van der Waals surface area contributed by atoms with Gasteiger partial charge in [0.05, 0.1) is 18.3 Å². The highest BCUT2D eigenvalue weighted by atomic mass is 35.5. The van der Waals surface area contributed by atoms with E-state index in [0.717, 1.165) is 25.0 Å². The molecule has 3 fully saturated rings. The first-order valence-electron chi connectivity index (χ1n) is 9.37. The van der Waals surface area contributed by atoms with Gasteiger partial charge in [0, 0.05) is 16.8 Å². The van der Waals surface area contributed by atoms with Gasteiger partial charge < -0.3 is 14.5 Å². The van der Waals surface area contributed by atoms with Crippen molar-refractivity contribution in [3.05, 3.63) is 29.8 Å². The van der Waals surface area contributed by atoms with E-state index in [1.54, 1.807) is 7.48 Å². The Morgan fingerprint density at radius 2 is 2.08 bits per heavy atom. The molecule has 5 heteroatoms. The molecule has 0 spiro atoms. The zero-order valence-electron chi connectivity index (χ0n) is 15.2. The normalized spacial score (nSPS) is 39.1. The lowest BCUT2D eigenvalue weighted by atomic mass is 9.43. The summed E-state index contributed by atoms with van der Waals surface area (Å²) in [7, 11) is 1.75. The molecule has 0 aromatic heterocycles. The van der Waals surface area contributed by atoms with Gasteiger partial charge in [-0.3, -0.25) is 0 Å². The van der Waals surface area contributed by atoms with E-state index >= 15 is 0 Å². The maximum atomic E-state index is 10.6. The van der Waals surface area contributed by atoms with Crippen molar-refractivity contribution in [3.8, 4) is 5.75 Å². The minimum atomic E-state index is -0.532. The third kappa shape index (κ3) is 2.81. The van der Waals surface area contributed by atoms with Crippen molar-refractivity contribution in [3.63, 3.8) is 0 Å². The van der Waals surface area contributed by atoms with Gasteiger partial charge in [0.2, 0.25) is 0 Å².